The van der Waals surface area contributed by atoms with E-state index in [9.17, 15) is 19.5 Å². The highest BCUT2D eigenvalue weighted by Crippen LogP contribution is 2.28. The molecule has 2 aromatic heterocycles. The van der Waals surface area contributed by atoms with Crippen molar-refractivity contribution in [3.63, 3.8) is 0 Å². The molecule has 8 heteroatoms. The molecule has 0 aliphatic rings. The molecule has 1 N–H and O–H groups in total. The lowest BCUT2D eigenvalue weighted by Crippen LogP contribution is -2.45. The molecule has 0 radical (unpaired) electrons. The summed E-state index contributed by atoms with van der Waals surface area (Å²) in [5, 5.41) is 11.3. The molecule has 0 aliphatic carbocycles. The van der Waals surface area contributed by atoms with Crippen molar-refractivity contribution < 1.29 is 9.90 Å². The van der Waals surface area contributed by atoms with Crippen LogP contribution >= 0.6 is 11.5 Å². The second kappa shape index (κ2) is 8.39. The Morgan fingerprint density at radius 1 is 1.03 bits per heavy atom. The molecule has 0 saturated heterocycles. The van der Waals surface area contributed by atoms with Crippen molar-refractivity contribution in [1.29, 1.82) is 0 Å². The van der Waals surface area contributed by atoms with Crippen molar-refractivity contribution in [3.05, 3.63) is 110 Å². The van der Waals surface area contributed by atoms with Crippen molar-refractivity contribution in [2.75, 3.05) is 0 Å². The van der Waals surface area contributed by atoms with Crippen LogP contribution in [0.4, 0.5) is 0 Å². The number of carboxylic acid groups (broad SMARTS) is 1. The van der Waals surface area contributed by atoms with Gasteiger partial charge in [-0.2, -0.15) is 4.37 Å². The second-order valence-electron chi connectivity index (χ2n) is 8.30. The van der Waals surface area contributed by atoms with Crippen LogP contribution in [0.25, 0.3) is 21.0 Å². The topological polar surface area (TPSA) is 94.2 Å². The highest BCUT2D eigenvalue weighted by atomic mass is 32.1. The number of aliphatic carboxylic acids is 1. The Hall–Kier alpha value is -4.04. The summed E-state index contributed by atoms with van der Waals surface area (Å²) in [6, 6.07) is 17.8. The molecular formula is C26H21N3O4S. The summed E-state index contributed by atoms with van der Waals surface area (Å²) < 4.78 is 7.91. The van der Waals surface area contributed by atoms with E-state index in [1.165, 1.54) is 16.1 Å². The Morgan fingerprint density at radius 2 is 1.74 bits per heavy atom. The average Bonchev–Trinajstić information content (AvgIpc) is 3.22. The number of aromatic nitrogens is 3. The van der Waals surface area contributed by atoms with E-state index in [1.54, 1.807) is 54.6 Å². The van der Waals surface area contributed by atoms with Gasteiger partial charge in [0.15, 0.2) is 6.04 Å². The third-order valence-corrected chi connectivity index (χ3v) is 6.81. The van der Waals surface area contributed by atoms with E-state index in [-0.39, 0.29) is 11.9 Å². The molecule has 5 rings (SSSR count). The van der Waals surface area contributed by atoms with Gasteiger partial charge in [0.25, 0.3) is 5.56 Å². The van der Waals surface area contributed by atoms with Crippen molar-refractivity contribution in [3.8, 4) is 0 Å². The Kier molecular flexibility index (Phi) is 5.37. The smallest absolute Gasteiger partial charge is 0.332 e. The number of para-hydroxylation sites is 1. The van der Waals surface area contributed by atoms with Gasteiger partial charge >= 0.3 is 11.7 Å². The van der Waals surface area contributed by atoms with Gasteiger partial charge in [-0.15, -0.1) is 0 Å². The molecule has 0 fully saturated rings. The highest BCUT2D eigenvalue weighted by Gasteiger charge is 2.28. The minimum atomic E-state index is -1.45. The van der Waals surface area contributed by atoms with Gasteiger partial charge in [-0.1, -0.05) is 48.5 Å². The molecule has 2 heterocycles. The predicted molar refractivity (Wildman–Crippen MR) is 133 cm³/mol. The summed E-state index contributed by atoms with van der Waals surface area (Å²) in [5.41, 5.74) is 2.36. The van der Waals surface area contributed by atoms with Crippen LogP contribution in [0.3, 0.4) is 0 Å². The van der Waals surface area contributed by atoms with Crippen LogP contribution in [0.1, 0.15) is 28.4 Å². The summed E-state index contributed by atoms with van der Waals surface area (Å²) >= 11 is 1.36. The lowest BCUT2D eigenvalue weighted by atomic mass is 10.1. The zero-order valence-electron chi connectivity index (χ0n) is 18.6. The lowest BCUT2D eigenvalue weighted by Gasteiger charge is -2.19. The molecule has 1 atom stereocenters. The van der Waals surface area contributed by atoms with E-state index >= 15 is 0 Å². The van der Waals surface area contributed by atoms with Gasteiger partial charge < -0.3 is 5.11 Å². The number of nitrogens with zero attached hydrogens (tertiary/aromatic N) is 3. The molecule has 0 saturated carbocycles. The first kappa shape index (κ1) is 21.8. The highest BCUT2D eigenvalue weighted by molar-refractivity contribution is 7.13. The number of aryl methyl sites for hydroxylation is 2. The van der Waals surface area contributed by atoms with Gasteiger partial charge in [0.05, 0.1) is 27.8 Å². The monoisotopic (exact) mass is 471 g/mol. The van der Waals surface area contributed by atoms with Crippen molar-refractivity contribution >= 4 is 38.5 Å². The lowest BCUT2D eigenvalue weighted by molar-refractivity contribution is -0.139. The fourth-order valence-electron chi connectivity index (χ4n) is 4.54. The molecule has 0 aliphatic heterocycles. The quantitative estimate of drug-likeness (QED) is 0.416. The summed E-state index contributed by atoms with van der Waals surface area (Å²) in [7, 11) is 0. The van der Waals surface area contributed by atoms with Crippen LogP contribution in [0, 0.1) is 13.8 Å². The van der Waals surface area contributed by atoms with Gasteiger partial charge in [0.2, 0.25) is 0 Å². The van der Waals surface area contributed by atoms with Crippen LogP contribution in [0.5, 0.6) is 0 Å². The first-order valence-corrected chi connectivity index (χ1v) is 11.5. The number of hydrogen-bond acceptors (Lipinski definition) is 5. The van der Waals surface area contributed by atoms with Crippen molar-refractivity contribution in [2.24, 2.45) is 0 Å². The average molecular weight is 472 g/mol. The van der Waals surface area contributed by atoms with E-state index in [2.05, 4.69) is 16.5 Å². The van der Waals surface area contributed by atoms with Crippen LogP contribution in [-0.2, 0) is 11.3 Å². The van der Waals surface area contributed by atoms with Crippen LogP contribution < -0.4 is 11.2 Å². The van der Waals surface area contributed by atoms with Gasteiger partial charge in [0, 0.05) is 5.39 Å². The Labute approximate surface area is 198 Å². The number of carbonyl (C=O) groups is 1. The van der Waals surface area contributed by atoms with Crippen LogP contribution in [0.2, 0.25) is 0 Å². The molecule has 5 aromatic rings. The summed E-state index contributed by atoms with van der Waals surface area (Å²) in [6.45, 7) is 4.14. The molecule has 7 nitrogen and oxygen atoms in total. The van der Waals surface area contributed by atoms with Gasteiger partial charge in [-0.05, 0) is 60.3 Å². The van der Waals surface area contributed by atoms with Crippen molar-refractivity contribution in [1.82, 2.24) is 13.5 Å². The third-order valence-electron chi connectivity index (χ3n) is 5.98. The molecule has 0 amide bonds. The fourth-order valence-corrected chi connectivity index (χ4v) is 5.50. The second-order valence-corrected chi connectivity index (χ2v) is 9.10. The molecule has 34 heavy (non-hydrogen) atoms. The van der Waals surface area contributed by atoms with E-state index < -0.39 is 23.3 Å². The van der Waals surface area contributed by atoms with Gasteiger partial charge in [-0.25, -0.2) is 14.2 Å². The Morgan fingerprint density at radius 3 is 2.47 bits per heavy atom. The fraction of sp³-hybridized carbons (Fsp3) is 0.154. The minimum Gasteiger partial charge on any atom is -0.479 e. The molecule has 0 unspecified atom stereocenters. The largest absolute Gasteiger partial charge is 0.479 e. The van der Waals surface area contributed by atoms with Crippen LogP contribution in [-0.4, -0.2) is 24.6 Å². The van der Waals surface area contributed by atoms with Crippen LogP contribution in [0.15, 0.2) is 76.3 Å². The summed E-state index contributed by atoms with van der Waals surface area (Å²) in [6.07, 6.45) is 0. The molecule has 0 bridgehead atoms. The molecule has 170 valence electrons. The number of fused-ring (bicyclic) bond motifs is 2. The van der Waals surface area contributed by atoms with Crippen molar-refractivity contribution in [2.45, 2.75) is 26.4 Å². The zero-order valence-corrected chi connectivity index (χ0v) is 19.4. The third kappa shape index (κ3) is 3.52. The van der Waals surface area contributed by atoms with E-state index in [4.69, 9.17) is 0 Å². The minimum absolute atomic E-state index is 0.116. The molecule has 3 aromatic carbocycles. The Bertz CT molecular complexity index is 1680. The van der Waals surface area contributed by atoms with E-state index in [0.29, 0.717) is 16.8 Å². The SMILES string of the molecule is Cc1cc(C)c2c(Cn3c(=O)n([C@@H](C(=O)O)c4ccccc4)c(=O)c4ccccc43)nsc2c1. The summed E-state index contributed by atoms with van der Waals surface area (Å²) in [5.74, 6) is -1.28. The Balaban J connectivity index is 1.79. The number of hydrogen-bond donors (Lipinski definition) is 1. The first-order chi connectivity index (χ1) is 16.4. The summed E-state index contributed by atoms with van der Waals surface area (Å²) in [4.78, 5) is 39.5. The van der Waals surface area contributed by atoms with Gasteiger partial charge in [-0.3, -0.25) is 9.36 Å². The zero-order chi connectivity index (χ0) is 24.0. The predicted octanol–water partition coefficient (Wildman–Crippen LogP) is 4.11. The molecule has 0 spiro atoms. The normalized spacial score (nSPS) is 12.3. The number of benzene rings is 3. The van der Waals surface area contributed by atoms with E-state index in [0.717, 1.165) is 25.8 Å². The standard InChI is InChI=1S/C26H21N3O4S/c1-15-12-16(2)22-19(27-34-21(22)13-15)14-28-20-11-7-6-10-18(20)24(30)29(26(28)33)23(25(31)32)17-8-4-3-5-9-17/h3-13,23H,14H2,1-2H3,(H,31,32)/t23-/m1/s1. The first-order valence-electron chi connectivity index (χ1n) is 10.7. The maximum absolute atomic E-state index is 13.8. The van der Waals surface area contributed by atoms with E-state index in [1.807, 2.05) is 13.8 Å². The maximum Gasteiger partial charge on any atom is 0.332 e. The number of carboxylic acids is 1. The number of rotatable bonds is 5. The maximum atomic E-state index is 13.8. The molecular weight excluding hydrogens is 450 g/mol. The van der Waals surface area contributed by atoms with Gasteiger partial charge in [0.1, 0.15) is 0 Å².